The maximum atomic E-state index is 8.12. The van der Waals surface area contributed by atoms with Crippen molar-refractivity contribution in [2.75, 3.05) is 0 Å². The van der Waals surface area contributed by atoms with E-state index in [-0.39, 0.29) is 0 Å². The van der Waals surface area contributed by atoms with Crippen molar-refractivity contribution in [3.63, 3.8) is 0 Å². The van der Waals surface area contributed by atoms with Crippen LogP contribution in [0.3, 0.4) is 0 Å². The second kappa shape index (κ2) is 2.49. The van der Waals surface area contributed by atoms with Crippen molar-refractivity contribution in [2.24, 2.45) is 5.16 Å². The molecule has 0 amide bonds. The van der Waals surface area contributed by atoms with Gasteiger partial charge in [0.15, 0.2) is 0 Å². The predicted octanol–water partition coefficient (Wildman–Crippen LogP) is 1.72. The van der Waals surface area contributed by atoms with E-state index in [0.29, 0.717) is 0 Å². The predicted molar refractivity (Wildman–Crippen MR) is 36.7 cm³/mol. The highest BCUT2D eigenvalue weighted by Gasteiger charge is 2.00. The van der Waals surface area contributed by atoms with Crippen LogP contribution >= 0.6 is 0 Å². The molecule has 0 aromatic carbocycles. The Morgan fingerprint density at radius 2 is 2.44 bits per heavy atom. The minimum atomic E-state index is 0.921. The Balaban J connectivity index is 2.54. The van der Waals surface area contributed by atoms with Crippen LogP contribution in [-0.4, -0.2) is 11.4 Å². The molecule has 0 bridgehead atoms. The van der Waals surface area contributed by atoms with E-state index in [0.717, 1.165) is 12.0 Å². The first-order valence-electron chi connectivity index (χ1n) is 2.86. The van der Waals surface area contributed by atoms with Crippen LogP contribution in [0.1, 0.15) is 13.3 Å². The zero-order valence-corrected chi connectivity index (χ0v) is 5.33. The summed E-state index contributed by atoms with van der Waals surface area (Å²) in [5, 5.41) is 11.0. The molecule has 0 spiro atoms. The molecule has 0 aliphatic heterocycles. The van der Waals surface area contributed by atoms with E-state index in [1.54, 1.807) is 0 Å². The Bertz CT molecular complexity index is 189. The van der Waals surface area contributed by atoms with Crippen LogP contribution in [-0.2, 0) is 0 Å². The van der Waals surface area contributed by atoms with Crippen LogP contribution in [0.15, 0.2) is 28.5 Å². The summed E-state index contributed by atoms with van der Waals surface area (Å²) in [7, 11) is 0. The van der Waals surface area contributed by atoms with Gasteiger partial charge in [-0.15, -0.1) is 0 Å². The normalized spacial score (nSPS) is 18.3. The summed E-state index contributed by atoms with van der Waals surface area (Å²) in [5.41, 5.74) is 2.37. The third-order valence-electron chi connectivity index (χ3n) is 1.29. The molecule has 0 saturated heterocycles. The van der Waals surface area contributed by atoms with Crippen LogP contribution in [0.4, 0.5) is 0 Å². The lowest BCUT2D eigenvalue weighted by atomic mass is 10.2. The van der Waals surface area contributed by atoms with Gasteiger partial charge >= 0.3 is 0 Å². The van der Waals surface area contributed by atoms with Crippen LogP contribution in [0.5, 0.6) is 0 Å². The van der Waals surface area contributed by atoms with E-state index in [9.17, 15) is 0 Å². The number of hydrogen-bond acceptors (Lipinski definition) is 2. The van der Waals surface area contributed by atoms with Gasteiger partial charge < -0.3 is 5.21 Å². The SMILES string of the molecule is CC1=CC=C(/C=N/O)C1. The average Bonchev–Trinajstić information content (AvgIpc) is 2.17. The smallest absolute Gasteiger partial charge is 0.0696 e. The average molecular weight is 123 g/mol. The third-order valence-corrected chi connectivity index (χ3v) is 1.29. The summed E-state index contributed by atoms with van der Waals surface area (Å²) in [5.74, 6) is 0. The van der Waals surface area contributed by atoms with E-state index in [4.69, 9.17) is 5.21 Å². The van der Waals surface area contributed by atoms with Crippen molar-refractivity contribution < 1.29 is 5.21 Å². The maximum Gasteiger partial charge on any atom is 0.0696 e. The second-order valence-electron chi connectivity index (χ2n) is 2.18. The number of nitrogens with zero attached hydrogens (tertiary/aromatic N) is 1. The summed E-state index contributed by atoms with van der Waals surface area (Å²) in [6, 6.07) is 0. The molecular weight excluding hydrogens is 114 g/mol. The van der Waals surface area contributed by atoms with Gasteiger partial charge in [0.2, 0.25) is 0 Å². The molecule has 0 aromatic rings. The van der Waals surface area contributed by atoms with Gasteiger partial charge in [-0.1, -0.05) is 22.9 Å². The highest BCUT2D eigenvalue weighted by Crippen LogP contribution is 2.15. The standard InChI is InChI=1S/C7H9NO/c1-6-2-3-7(4-6)5-8-9/h2-3,5,9H,4H2,1H3/b8-5+. The Morgan fingerprint density at radius 1 is 1.67 bits per heavy atom. The Labute approximate surface area is 54.2 Å². The minimum Gasteiger partial charge on any atom is -0.411 e. The first kappa shape index (κ1) is 6.08. The summed E-state index contributed by atoms with van der Waals surface area (Å²) < 4.78 is 0. The molecule has 0 unspecified atom stereocenters. The van der Waals surface area contributed by atoms with Crippen molar-refractivity contribution in [1.29, 1.82) is 0 Å². The molecule has 2 heteroatoms. The molecule has 0 heterocycles. The fourth-order valence-corrected chi connectivity index (χ4v) is 0.852. The fourth-order valence-electron chi connectivity index (χ4n) is 0.852. The maximum absolute atomic E-state index is 8.12. The van der Waals surface area contributed by atoms with Gasteiger partial charge in [-0.2, -0.15) is 0 Å². The van der Waals surface area contributed by atoms with E-state index in [1.807, 2.05) is 12.2 Å². The van der Waals surface area contributed by atoms with Crippen LogP contribution in [0, 0.1) is 0 Å². The first-order chi connectivity index (χ1) is 4.33. The van der Waals surface area contributed by atoms with Gasteiger partial charge in [0.05, 0.1) is 6.21 Å². The van der Waals surface area contributed by atoms with Crippen molar-refractivity contribution >= 4 is 6.21 Å². The Morgan fingerprint density at radius 3 is 2.89 bits per heavy atom. The monoisotopic (exact) mass is 123 g/mol. The first-order valence-corrected chi connectivity index (χ1v) is 2.86. The minimum absolute atomic E-state index is 0.921. The lowest BCUT2D eigenvalue weighted by Crippen LogP contribution is -1.79. The largest absolute Gasteiger partial charge is 0.411 e. The summed E-state index contributed by atoms with van der Waals surface area (Å²) in [4.78, 5) is 0. The molecule has 0 saturated carbocycles. The van der Waals surface area contributed by atoms with Crippen LogP contribution in [0.2, 0.25) is 0 Å². The molecule has 9 heavy (non-hydrogen) atoms. The quantitative estimate of drug-likeness (QED) is 0.321. The second-order valence-corrected chi connectivity index (χ2v) is 2.18. The Hall–Kier alpha value is -1.05. The van der Waals surface area contributed by atoms with Crippen molar-refractivity contribution in [3.05, 3.63) is 23.3 Å². The van der Waals surface area contributed by atoms with E-state index in [1.165, 1.54) is 11.8 Å². The number of hydrogen-bond donors (Lipinski definition) is 1. The molecule has 1 aliphatic rings. The van der Waals surface area contributed by atoms with Crippen molar-refractivity contribution in [2.45, 2.75) is 13.3 Å². The van der Waals surface area contributed by atoms with Gasteiger partial charge in [-0.05, 0) is 18.9 Å². The number of oxime groups is 1. The van der Waals surface area contributed by atoms with Crippen LogP contribution < -0.4 is 0 Å². The number of rotatable bonds is 1. The molecule has 1 N–H and O–H groups in total. The third kappa shape index (κ3) is 1.42. The van der Waals surface area contributed by atoms with Crippen molar-refractivity contribution in [3.8, 4) is 0 Å². The van der Waals surface area contributed by atoms with E-state index < -0.39 is 0 Å². The van der Waals surface area contributed by atoms with E-state index in [2.05, 4.69) is 12.1 Å². The van der Waals surface area contributed by atoms with Gasteiger partial charge in [0, 0.05) is 0 Å². The zero-order chi connectivity index (χ0) is 6.69. The lowest BCUT2D eigenvalue weighted by Gasteiger charge is -1.89. The molecule has 0 aromatic heterocycles. The summed E-state index contributed by atoms with van der Waals surface area (Å²) in [6.45, 7) is 2.05. The highest BCUT2D eigenvalue weighted by molar-refractivity contribution is 5.80. The van der Waals surface area contributed by atoms with E-state index >= 15 is 0 Å². The molecule has 0 fully saturated rings. The molecule has 1 aliphatic carbocycles. The van der Waals surface area contributed by atoms with Gasteiger partial charge in [-0.25, -0.2) is 0 Å². The van der Waals surface area contributed by atoms with Gasteiger partial charge in [0.25, 0.3) is 0 Å². The molecule has 1 rings (SSSR count). The molecule has 48 valence electrons. The Kier molecular flexibility index (Phi) is 1.68. The molecule has 0 atom stereocenters. The molecule has 0 radical (unpaired) electrons. The molecular formula is C7H9NO. The zero-order valence-electron chi connectivity index (χ0n) is 5.33. The summed E-state index contributed by atoms with van der Waals surface area (Å²) in [6.07, 6.45) is 6.36. The fraction of sp³-hybridized carbons (Fsp3) is 0.286. The van der Waals surface area contributed by atoms with Gasteiger partial charge in [0.1, 0.15) is 0 Å². The van der Waals surface area contributed by atoms with Crippen LogP contribution in [0.25, 0.3) is 0 Å². The topological polar surface area (TPSA) is 32.6 Å². The summed E-state index contributed by atoms with van der Waals surface area (Å²) >= 11 is 0. The number of allylic oxidation sites excluding steroid dienone is 4. The molecule has 2 nitrogen and oxygen atoms in total. The van der Waals surface area contributed by atoms with Gasteiger partial charge in [-0.3, -0.25) is 0 Å². The lowest BCUT2D eigenvalue weighted by molar-refractivity contribution is 0.321. The highest BCUT2D eigenvalue weighted by atomic mass is 16.4. The van der Waals surface area contributed by atoms with Crippen molar-refractivity contribution in [1.82, 2.24) is 0 Å².